The molecule has 3 radical (unpaired) electrons. The number of rotatable bonds is 0. The molecule has 2 aliphatic heterocycles. The standard InChI is InChI=1S/C13H25NO3.C13H23NO3.C2H6O.B.Na.H/c2*1-10-6-5-8-14(9-7-11(10)15)12(16)17-13(2,3)4;1-2-3;;;/h10-11,15H,5-9H2,1-4H3;10H,5-9H2,1-4H3;3H,2H2,1H3;;;/q;;;;+1;-1. The number of ether oxygens (including phenoxy) is 2. The van der Waals surface area contributed by atoms with Crippen LogP contribution in [0.5, 0.6) is 0 Å². The van der Waals surface area contributed by atoms with E-state index in [0.717, 1.165) is 32.2 Å². The Hall–Kier alpha value is -0.805. The van der Waals surface area contributed by atoms with E-state index >= 15 is 0 Å². The van der Waals surface area contributed by atoms with Gasteiger partial charge in [-0.05, 0) is 86.5 Å². The van der Waals surface area contributed by atoms with Crippen LogP contribution in [0.25, 0.3) is 0 Å². The fourth-order valence-corrected chi connectivity index (χ4v) is 3.85. The van der Waals surface area contributed by atoms with Crippen LogP contribution in [0.3, 0.4) is 0 Å². The minimum Gasteiger partial charge on any atom is -1.00 e. The molecule has 2 rings (SSSR count). The zero-order chi connectivity index (χ0) is 28.8. The van der Waals surface area contributed by atoms with Crippen molar-refractivity contribution in [1.82, 2.24) is 9.80 Å². The van der Waals surface area contributed by atoms with Gasteiger partial charge in [0.1, 0.15) is 17.0 Å². The maximum atomic E-state index is 11.9. The molecule has 2 amide bonds. The Kier molecular flexibility index (Phi) is 22.9. The first-order valence-corrected chi connectivity index (χ1v) is 13.8. The Morgan fingerprint density at radius 3 is 1.72 bits per heavy atom. The molecule has 0 aromatic heterocycles. The smallest absolute Gasteiger partial charge is 1.00 e. The van der Waals surface area contributed by atoms with Gasteiger partial charge in [0.25, 0.3) is 0 Å². The van der Waals surface area contributed by atoms with Gasteiger partial charge in [-0.15, -0.1) is 0 Å². The van der Waals surface area contributed by atoms with Crippen molar-refractivity contribution in [1.29, 1.82) is 0 Å². The van der Waals surface area contributed by atoms with E-state index in [4.69, 9.17) is 14.6 Å². The van der Waals surface area contributed by atoms with E-state index in [0.29, 0.717) is 38.4 Å². The first kappa shape index (κ1) is 42.7. The van der Waals surface area contributed by atoms with Gasteiger partial charge in [-0.3, -0.25) is 4.79 Å². The molecule has 0 aromatic rings. The molecule has 2 fully saturated rings. The van der Waals surface area contributed by atoms with E-state index in [-0.39, 0.29) is 76.0 Å². The molecule has 0 saturated carbocycles. The van der Waals surface area contributed by atoms with Crippen molar-refractivity contribution < 1.29 is 65.1 Å². The third-order valence-electron chi connectivity index (χ3n) is 5.99. The molecule has 2 heterocycles. The van der Waals surface area contributed by atoms with Gasteiger partial charge in [0.05, 0.1) is 6.10 Å². The molecule has 3 unspecified atom stereocenters. The molecule has 9 nitrogen and oxygen atoms in total. The monoisotopic (exact) mass is 565 g/mol. The van der Waals surface area contributed by atoms with E-state index in [1.165, 1.54) is 0 Å². The maximum absolute atomic E-state index is 11.9. The molecule has 0 aliphatic carbocycles. The Morgan fingerprint density at radius 2 is 1.28 bits per heavy atom. The first-order valence-electron chi connectivity index (χ1n) is 13.8. The topological polar surface area (TPSA) is 117 Å². The second-order valence-electron chi connectivity index (χ2n) is 12.0. The number of aliphatic hydroxyl groups excluding tert-OH is 2. The average molecular weight is 566 g/mol. The van der Waals surface area contributed by atoms with Crippen LogP contribution >= 0.6 is 0 Å². The summed E-state index contributed by atoms with van der Waals surface area (Å²) in [5.74, 6) is 0.713. The van der Waals surface area contributed by atoms with Crippen molar-refractivity contribution in [3.8, 4) is 0 Å². The van der Waals surface area contributed by atoms with Gasteiger partial charge >= 0.3 is 41.7 Å². The summed E-state index contributed by atoms with van der Waals surface area (Å²) in [5.41, 5.74) is -0.928. The molecule has 0 bridgehead atoms. The van der Waals surface area contributed by atoms with Crippen molar-refractivity contribution in [2.24, 2.45) is 11.8 Å². The number of hydrogen-bond donors (Lipinski definition) is 2. The molecule has 2 aliphatic rings. The average Bonchev–Trinajstić information content (AvgIpc) is 2.73. The van der Waals surface area contributed by atoms with E-state index in [2.05, 4.69) is 6.92 Å². The largest absolute Gasteiger partial charge is 1.00 e. The van der Waals surface area contributed by atoms with Crippen molar-refractivity contribution >= 4 is 26.4 Å². The molecular weight excluding hydrogens is 510 g/mol. The summed E-state index contributed by atoms with van der Waals surface area (Å²) < 4.78 is 10.7. The van der Waals surface area contributed by atoms with Gasteiger partial charge in [0.15, 0.2) is 0 Å². The minimum absolute atomic E-state index is 0. The zero-order valence-corrected chi connectivity index (χ0v) is 28.4. The molecule has 0 spiro atoms. The van der Waals surface area contributed by atoms with Crippen LogP contribution in [0, 0.1) is 11.8 Å². The van der Waals surface area contributed by atoms with Crippen LogP contribution in [-0.2, 0) is 14.3 Å². The third-order valence-corrected chi connectivity index (χ3v) is 5.99. The molecule has 2 saturated heterocycles. The fourth-order valence-electron chi connectivity index (χ4n) is 3.85. The minimum atomic E-state index is -0.475. The van der Waals surface area contributed by atoms with Crippen molar-refractivity contribution in [2.45, 2.75) is 118 Å². The number of amides is 2. The van der Waals surface area contributed by atoms with E-state index in [1.807, 2.05) is 48.5 Å². The third kappa shape index (κ3) is 20.7. The Balaban J connectivity index is -0.000000276. The summed E-state index contributed by atoms with van der Waals surface area (Å²) in [4.78, 5) is 38.7. The van der Waals surface area contributed by atoms with Gasteiger partial charge < -0.3 is 30.9 Å². The maximum Gasteiger partial charge on any atom is 1.00 e. The van der Waals surface area contributed by atoms with Crippen LogP contribution in [0.1, 0.15) is 102 Å². The number of carbonyl (C=O) groups excluding carboxylic acids is 3. The summed E-state index contributed by atoms with van der Waals surface area (Å²) in [6, 6.07) is 0. The Morgan fingerprint density at radius 1 is 0.872 bits per heavy atom. The summed E-state index contributed by atoms with van der Waals surface area (Å²) in [6.07, 6.45) is 3.82. The Bertz CT molecular complexity index is 705. The number of aliphatic hydroxyl groups is 2. The number of ketones is 1. The van der Waals surface area contributed by atoms with Gasteiger partial charge in [0.2, 0.25) is 0 Å². The van der Waals surface area contributed by atoms with Gasteiger partial charge in [-0.2, -0.15) is 0 Å². The number of carbonyl (C=O) groups is 3. The molecule has 3 atom stereocenters. The van der Waals surface area contributed by atoms with E-state index in [1.54, 1.807) is 16.7 Å². The van der Waals surface area contributed by atoms with Gasteiger partial charge in [-0.25, -0.2) is 9.59 Å². The predicted molar refractivity (Wildman–Crippen MR) is 152 cm³/mol. The van der Waals surface area contributed by atoms with E-state index < -0.39 is 11.2 Å². The van der Waals surface area contributed by atoms with Crippen LogP contribution in [0.15, 0.2) is 0 Å². The van der Waals surface area contributed by atoms with Crippen LogP contribution in [0.4, 0.5) is 9.59 Å². The van der Waals surface area contributed by atoms with Gasteiger partial charge in [0, 0.05) is 53.5 Å². The molecule has 223 valence electrons. The molecule has 39 heavy (non-hydrogen) atoms. The Labute approximate surface area is 263 Å². The quantitative estimate of drug-likeness (QED) is 0.430. The molecule has 11 heteroatoms. The molecule has 0 aromatic carbocycles. The summed E-state index contributed by atoms with van der Waals surface area (Å²) in [6.45, 7) is 19.6. The first-order chi connectivity index (χ1) is 17.0. The van der Waals surface area contributed by atoms with Crippen LogP contribution < -0.4 is 29.6 Å². The van der Waals surface area contributed by atoms with E-state index in [9.17, 15) is 19.5 Å². The fraction of sp³-hybridized carbons (Fsp3) is 0.893. The van der Waals surface area contributed by atoms with Crippen molar-refractivity contribution in [2.75, 3.05) is 32.8 Å². The summed E-state index contributed by atoms with van der Waals surface area (Å²) >= 11 is 0. The summed E-state index contributed by atoms with van der Waals surface area (Å²) in [5, 5.41) is 17.4. The SMILES string of the molecule is CC1CCCN(C(=O)OC(C)(C)C)CCC1=O.CC1CCCN(C(=O)OC(C)(C)C)CCC1O.CCO.[B].[H-].[Na+]. The van der Waals surface area contributed by atoms with Crippen LogP contribution in [0.2, 0.25) is 0 Å². The number of likely N-dealkylation sites (tertiary alicyclic amines) is 2. The molecule has 2 N–H and O–H groups in total. The van der Waals surface area contributed by atoms with Crippen molar-refractivity contribution in [3.05, 3.63) is 0 Å². The molecular formula is C28H55BN2NaO7. The van der Waals surface area contributed by atoms with Crippen LogP contribution in [-0.4, -0.2) is 96.5 Å². The second-order valence-corrected chi connectivity index (χ2v) is 12.0. The zero-order valence-electron chi connectivity index (χ0n) is 27.4. The second kappa shape index (κ2) is 21.0. The number of Topliss-reactive ketones (excluding diaryl/α,β-unsaturated/α-hetero) is 1. The van der Waals surface area contributed by atoms with Crippen molar-refractivity contribution in [3.63, 3.8) is 0 Å². The number of hydrogen-bond acceptors (Lipinski definition) is 7. The number of nitrogens with zero attached hydrogens (tertiary/aromatic N) is 2. The predicted octanol–water partition coefficient (Wildman–Crippen LogP) is 1.75. The van der Waals surface area contributed by atoms with Gasteiger partial charge in [-0.1, -0.05) is 13.8 Å². The summed E-state index contributed by atoms with van der Waals surface area (Å²) in [7, 11) is 0. The normalized spacial score (nSPS) is 22.3.